The minimum Gasteiger partial charge on any atom is -0.494 e. The summed E-state index contributed by atoms with van der Waals surface area (Å²) in [5.74, 6) is -1.19. The van der Waals surface area contributed by atoms with Gasteiger partial charge in [-0.15, -0.1) is 0 Å². The summed E-state index contributed by atoms with van der Waals surface area (Å²) in [6.45, 7) is 1.48. The highest BCUT2D eigenvalue weighted by Gasteiger charge is 2.23. The first kappa shape index (κ1) is 17.9. The van der Waals surface area contributed by atoms with Gasteiger partial charge in [0.1, 0.15) is 11.4 Å². The summed E-state index contributed by atoms with van der Waals surface area (Å²) in [5.41, 5.74) is -0.360. The summed E-state index contributed by atoms with van der Waals surface area (Å²) in [6, 6.07) is 9.68. The molecule has 1 atom stereocenters. The lowest BCUT2D eigenvalue weighted by atomic mass is 9.96. The molecule has 0 unspecified atom stereocenters. The van der Waals surface area contributed by atoms with Crippen molar-refractivity contribution >= 4 is 5.91 Å². The van der Waals surface area contributed by atoms with Crippen LogP contribution in [-0.4, -0.2) is 24.7 Å². The van der Waals surface area contributed by atoms with Crippen LogP contribution in [0.2, 0.25) is 0 Å². The molecular weight excluding hydrogens is 316 g/mol. The molecule has 4 nitrogen and oxygen atoms in total. The third-order valence-corrected chi connectivity index (χ3v) is 3.68. The van der Waals surface area contributed by atoms with Gasteiger partial charge in [-0.25, -0.2) is 8.78 Å². The minimum absolute atomic E-state index is 0.0274. The van der Waals surface area contributed by atoms with Gasteiger partial charge in [0.25, 0.3) is 0 Å². The van der Waals surface area contributed by atoms with E-state index < -0.39 is 17.2 Å². The minimum atomic E-state index is -1.34. The lowest BCUT2D eigenvalue weighted by molar-refractivity contribution is -0.121. The summed E-state index contributed by atoms with van der Waals surface area (Å²) in [7, 11) is 1.36. The zero-order valence-electron chi connectivity index (χ0n) is 13.5. The largest absolute Gasteiger partial charge is 0.494 e. The Labute approximate surface area is 139 Å². The molecule has 0 aliphatic rings. The Morgan fingerprint density at radius 2 is 1.88 bits per heavy atom. The second-order valence-electron chi connectivity index (χ2n) is 5.70. The molecule has 0 aromatic heterocycles. The van der Waals surface area contributed by atoms with Crippen molar-refractivity contribution in [2.24, 2.45) is 0 Å². The number of hydrogen-bond acceptors (Lipinski definition) is 3. The predicted octanol–water partition coefficient (Wildman–Crippen LogP) is 2.54. The van der Waals surface area contributed by atoms with Crippen LogP contribution in [0, 0.1) is 11.6 Å². The van der Waals surface area contributed by atoms with Crippen LogP contribution >= 0.6 is 0 Å². The number of nitrogens with one attached hydrogen (secondary N) is 1. The van der Waals surface area contributed by atoms with Crippen LogP contribution in [0.3, 0.4) is 0 Å². The van der Waals surface area contributed by atoms with Gasteiger partial charge in [-0.05, 0) is 42.3 Å². The first-order valence-corrected chi connectivity index (χ1v) is 7.39. The van der Waals surface area contributed by atoms with Crippen molar-refractivity contribution in [2.75, 3.05) is 13.7 Å². The van der Waals surface area contributed by atoms with E-state index in [1.54, 1.807) is 6.07 Å². The molecule has 2 aromatic carbocycles. The fourth-order valence-electron chi connectivity index (χ4n) is 2.25. The first-order chi connectivity index (χ1) is 11.3. The SMILES string of the molecule is COc1ccc(CC(=O)NC[C@](C)(O)c2ccc(F)cc2)cc1F. The van der Waals surface area contributed by atoms with Crippen LogP contribution < -0.4 is 10.1 Å². The van der Waals surface area contributed by atoms with Gasteiger partial charge in [0.05, 0.1) is 20.1 Å². The van der Waals surface area contributed by atoms with E-state index in [-0.39, 0.29) is 24.6 Å². The molecule has 2 rings (SSSR count). The van der Waals surface area contributed by atoms with Gasteiger partial charge in [0.15, 0.2) is 11.6 Å². The number of rotatable bonds is 6. The Bertz CT molecular complexity index is 715. The Kier molecular flexibility index (Phi) is 5.51. The smallest absolute Gasteiger partial charge is 0.224 e. The number of amides is 1. The van der Waals surface area contributed by atoms with Crippen molar-refractivity contribution in [1.29, 1.82) is 0 Å². The summed E-state index contributed by atoms with van der Waals surface area (Å²) in [5, 5.41) is 13.0. The van der Waals surface area contributed by atoms with Crippen molar-refractivity contribution in [2.45, 2.75) is 18.9 Å². The number of aliphatic hydroxyl groups is 1. The molecule has 0 bridgehead atoms. The molecule has 2 aromatic rings. The number of ether oxygens (including phenoxy) is 1. The zero-order valence-corrected chi connectivity index (χ0v) is 13.5. The van der Waals surface area contributed by atoms with Crippen LogP contribution in [0.1, 0.15) is 18.1 Å². The van der Waals surface area contributed by atoms with Gasteiger partial charge in [-0.3, -0.25) is 4.79 Å². The van der Waals surface area contributed by atoms with E-state index in [1.165, 1.54) is 50.4 Å². The molecule has 2 N–H and O–H groups in total. The quantitative estimate of drug-likeness (QED) is 0.853. The number of hydrogen-bond donors (Lipinski definition) is 2. The number of carbonyl (C=O) groups excluding carboxylic acids is 1. The van der Waals surface area contributed by atoms with E-state index >= 15 is 0 Å². The van der Waals surface area contributed by atoms with Gasteiger partial charge in [-0.1, -0.05) is 18.2 Å². The second-order valence-corrected chi connectivity index (χ2v) is 5.70. The molecule has 0 radical (unpaired) electrons. The lowest BCUT2D eigenvalue weighted by Gasteiger charge is -2.24. The van der Waals surface area contributed by atoms with Crippen LogP contribution in [0.5, 0.6) is 5.75 Å². The molecular formula is C18H19F2NO3. The van der Waals surface area contributed by atoms with Gasteiger partial charge in [0, 0.05) is 0 Å². The Hall–Kier alpha value is -2.47. The molecule has 0 aliphatic heterocycles. The normalized spacial score (nSPS) is 13.2. The fraction of sp³-hybridized carbons (Fsp3) is 0.278. The molecule has 0 heterocycles. The zero-order chi connectivity index (χ0) is 17.7. The van der Waals surface area contributed by atoms with Crippen molar-refractivity contribution in [1.82, 2.24) is 5.32 Å². The molecule has 1 amide bonds. The topological polar surface area (TPSA) is 58.6 Å². The lowest BCUT2D eigenvalue weighted by Crippen LogP contribution is -2.39. The second kappa shape index (κ2) is 7.40. The third kappa shape index (κ3) is 4.52. The average molecular weight is 335 g/mol. The number of halogens is 2. The van der Waals surface area contributed by atoms with E-state index in [4.69, 9.17) is 4.74 Å². The van der Waals surface area contributed by atoms with E-state index in [0.29, 0.717) is 11.1 Å². The monoisotopic (exact) mass is 335 g/mol. The van der Waals surface area contributed by atoms with Crippen molar-refractivity contribution in [3.63, 3.8) is 0 Å². The Morgan fingerprint density at radius 3 is 2.46 bits per heavy atom. The summed E-state index contributed by atoms with van der Waals surface area (Å²) >= 11 is 0. The Balaban J connectivity index is 1.95. The molecule has 6 heteroatoms. The predicted molar refractivity (Wildman–Crippen MR) is 85.6 cm³/mol. The molecule has 0 aliphatic carbocycles. The highest BCUT2D eigenvalue weighted by atomic mass is 19.1. The van der Waals surface area contributed by atoms with Crippen LogP contribution in [0.4, 0.5) is 8.78 Å². The maximum atomic E-state index is 13.6. The van der Waals surface area contributed by atoms with E-state index in [1.807, 2.05) is 0 Å². The average Bonchev–Trinajstić information content (AvgIpc) is 2.54. The third-order valence-electron chi connectivity index (χ3n) is 3.68. The van der Waals surface area contributed by atoms with Gasteiger partial charge in [0.2, 0.25) is 5.91 Å². The Morgan fingerprint density at radius 1 is 1.21 bits per heavy atom. The molecule has 0 saturated carbocycles. The van der Waals surface area contributed by atoms with Gasteiger partial charge < -0.3 is 15.2 Å². The molecule has 0 spiro atoms. The maximum absolute atomic E-state index is 13.6. The van der Waals surface area contributed by atoms with Crippen molar-refractivity contribution in [3.8, 4) is 5.75 Å². The first-order valence-electron chi connectivity index (χ1n) is 7.39. The van der Waals surface area contributed by atoms with Gasteiger partial charge >= 0.3 is 0 Å². The molecule has 128 valence electrons. The molecule has 0 fully saturated rings. The molecule has 0 saturated heterocycles. The van der Waals surface area contributed by atoms with Crippen molar-refractivity contribution < 1.29 is 23.4 Å². The van der Waals surface area contributed by atoms with Crippen LogP contribution in [0.25, 0.3) is 0 Å². The summed E-state index contributed by atoms with van der Waals surface area (Å²) in [6.07, 6.45) is -0.0274. The number of methoxy groups -OCH3 is 1. The van der Waals surface area contributed by atoms with E-state index in [2.05, 4.69) is 5.32 Å². The number of carbonyl (C=O) groups is 1. The van der Waals surface area contributed by atoms with E-state index in [0.717, 1.165) is 0 Å². The van der Waals surface area contributed by atoms with Gasteiger partial charge in [-0.2, -0.15) is 0 Å². The van der Waals surface area contributed by atoms with Crippen LogP contribution in [0.15, 0.2) is 42.5 Å². The highest BCUT2D eigenvalue weighted by Crippen LogP contribution is 2.20. The maximum Gasteiger partial charge on any atom is 0.224 e. The van der Waals surface area contributed by atoms with Crippen LogP contribution in [-0.2, 0) is 16.8 Å². The van der Waals surface area contributed by atoms with Crippen molar-refractivity contribution in [3.05, 3.63) is 65.2 Å². The summed E-state index contributed by atoms with van der Waals surface area (Å²) in [4.78, 5) is 12.0. The van der Waals surface area contributed by atoms with E-state index in [9.17, 15) is 18.7 Å². The fourth-order valence-corrected chi connectivity index (χ4v) is 2.25. The highest BCUT2D eigenvalue weighted by molar-refractivity contribution is 5.78. The standard InChI is InChI=1S/C18H19F2NO3/c1-18(23,13-4-6-14(19)7-5-13)11-21-17(22)10-12-3-8-16(24-2)15(20)9-12/h3-9,23H,10-11H2,1-2H3,(H,21,22)/t18-/m0/s1. The number of benzene rings is 2. The molecule has 24 heavy (non-hydrogen) atoms. The summed E-state index contributed by atoms with van der Waals surface area (Å²) < 4.78 is 31.3.